The van der Waals surface area contributed by atoms with Crippen LogP contribution in [0.25, 0.3) is 0 Å². The average molecular weight is 274 g/mol. The lowest BCUT2D eigenvalue weighted by atomic mass is 10.00. The van der Waals surface area contributed by atoms with E-state index < -0.39 is 0 Å². The topological polar surface area (TPSA) is 64.7 Å². The van der Waals surface area contributed by atoms with E-state index in [2.05, 4.69) is 15.9 Å². The summed E-state index contributed by atoms with van der Waals surface area (Å²) in [5.41, 5.74) is 6.34. The minimum atomic E-state index is 0.0794. The van der Waals surface area contributed by atoms with Crippen LogP contribution < -0.4 is 15.2 Å². The molecular formula is C10H12BrNO3. The highest BCUT2D eigenvalue weighted by atomic mass is 79.9. The Morgan fingerprint density at radius 1 is 1.60 bits per heavy atom. The molecule has 82 valence electrons. The molecule has 0 saturated carbocycles. The van der Waals surface area contributed by atoms with E-state index in [0.29, 0.717) is 22.5 Å². The Labute approximate surface area is 96.1 Å². The summed E-state index contributed by atoms with van der Waals surface area (Å²) in [4.78, 5) is 0. The quantitative estimate of drug-likeness (QED) is 0.865. The van der Waals surface area contributed by atoms with Crippen molar-refractivity contribution in [1.29, 1.82) is 0 Å². The highest BCUT2D eigenvalue weighted by molar-refractivity contribution is 9.10. The van der Waals surface area contributed by atoms with Gasteiger partial charge in [-0.1, -0.05) is 6.92 Å². The summed E-state index contributed by atoms with van der Waals surface area (Å²) in [5, 5.41) is 9.93. The number of phenolic OH excluding ortho intramolecular Hbond substituents is 1. The first-order valence-electron chi connectivity index (χ1n) is 4.66. The van der Waals surface area contributed by atoms with Crippen molar-refractivity contribution in [2.24, 2.45) is 5.73 Å². The number of aromatic hydroxyl groups is 1. The van der Waals surface area contributed by atoms with E-state index in [9.17, 15) is 5.11 Å². The molecule has 1 atom stereocenters. The summed E-state index contributed by atoms with van der Waals surface area (Å²) in [7, 11) is 0. The van der Waals surface area contributed by atoms with E-state index in [-0.39, 0.29) is 18.5 Å². The molecule has 0 spiro atoms. The van der Waals surface area contributed by atoms with E-state index in [4.69, 9.17) is 15.2 Å². The van der Waals surface area contributed by atoms with Gasteiger partial charge in [0.15, 0.2) is 11.5 Å². The molecule has 0 fully saturated rings. The van der Waals surface area contributed by atoms with Gasteiger partial charge in [-0.15, -0.1) is 0 Å². The Morgan fingerprint density at radius 3 is 3.00 bits per heavy atom. The van der Waals surface area contributed by atoms with Crippen LogP contribution in [0.5, 0.6) is 17.2 Å². The first-order valence-corrected chi connectivity index (χ1v) is 5.45. The van der Waals surface area contributed by atoms with Crippen LogP contribution in [-0.2, 0) is 0 Å². The summed E-state index contributed by atoms with van der Waals surface area (Å²) in [6.07, 6.45) is 0. The van der Waals surface area contributed by atoms with Gasteiger partial charge in [0.05, 0.1) is 0 Å². The van der Waals surface area contributed by atoms with Gasteiger partial charge in [-0.3, -0.25) is 0 Å². The summed E-state index contributed by atoms with van der Waals surface area (Å²) >= 11 is 3.28. The van der Waals surface area contributed by atoms with Crippen LogP contribution in [0.15, 0.2) is 10.5 Å². The second-order valence-corrected chi connectivity index (χ2v) is 4.29. The monoisotopic (exact) mass is 273 g/mol. The molecule has 1 aliphatic heterocycles. The van der Waals surface area contributed by atoms with E-state index in [1.807, 2.05) is 6.92 Å². The summed E-state index contributed by atoms with van der Waals surface area (Å²) in [5.74, 6) is 1.46. The fourth-order valence-electron chi connectivity index (χ4n) is 1.51. The molecule has 2 rings (SSSR count). The molecule has 0 saturated heterocycles. The number of hydrogen-bond acceptors (Lipinski definition) is 4. The fraction of sp³-hybridized carbons (Fsp3) is 0.400. The summed E-state index contributed by atoms with van der Waals surface area (Å²) in [6, 6.07) is 1.78. The minimum absolute atomic E-state index is 0.0794. The molecule has 1 aromatic rings. The maximum atomic E-state index is 9.93. The Bertz CT molecular complexity index is 395. The van der Waals surface area contributed by atoms with Gasteiger partial charge in [0.2, 0.25) is 6.79 Å². The van der Waals surface area contributed by atoms with Crippen LogP contribution >= 0.6 is 15.9 Å². The van der Waals surface area contributed by atoms with Gasteiger partial charge in [-0.05, 0) is 34.5 Å². The van der Waals surface area contributed by atoms with Crippen LogP contribution in [-0.4, -0.2) is 18.4 Å². The zero-order valence-electron chi connectivity index (χ0n) is 8.29. The van der Waals surface area contributed by atoms with Crippen LogP contribution in [0.2, 0.25) is 0 Å². The Hall–Kier alpha value is -0.940. The van der Waals surface area contributed by atoms with Crippen LogP contribution in [0.4, 0.5) is 0 Å². The molecule has 1 heterocycles. The summed E-state index contributed by atoms with van der Waals surface area (Å²) < 4.78 is 11.0. The molecule has 15 heavy (non-hydrogen) atoms. The van der Waals surface area contributed by atoms with Gasteiger partial charge in [0.1, 0.15) is 10.2 Å². The van der Waals surface area contributed by atoms with Crippen molar-refractivity contribution < 1.29 is 14.6 Å². The maximum absolute atomic E-state index is 9.93. The SMILES string of the molecule is CC(CN)c1cc2c(c(Br)c1O)OCO2. The van der Waals surface area contributed by atoms with E-state index in [1.165, 1.54) is 0 Å². The van der Waals surface area contributed by atoms with Crippen molar-refractivity contribution in [3.8, 4) is 17.2 Å². The molecule has 3 N–H and O–H groups in total. The van der Waals surface area contributed by atoms with E-state index in [1.54, 1.807) is 6.07 Å². The first-order chi connectivity index (χ1) is 7.15. The number of benzene rings is 1. The number of phenols is 1. The fourth-order valence-corrected chi connectivity index (χ4v) is 2.05. The van der Waals surface area contributed by atoms with Gasteiger partial charge < -0.3 is 20.3 Å². The second-order valence-electron chi connectivity index (χ2n) is 3.50. The zero-order chi connectivity index (χ0) is 11.0. The van der Waals surface area contributed by atoms with Crippen molar-refractivity contribution >= 4 is 15.9 Å². The third kappa shape index (κ3) is 1.66. The summed E-state index contributed by atoms with van der Waals surface area (Å²) in [6.45, 7) is 2.61. The lowest BCUT2D eigenvalue weighted by molar-refractivity contribution is 0.173. The molecule has 0 aromatic heterocycles. The third-order valence-corrected chi connectivity index (χ3v) is 3.23. The number of rotatable bonds is 2. The van der Waals surface area contributed by atoms with Crippen LogP contribution in [0, 0.1) is 0 Å². The molecular weight excluding hydrogens is 262 g/mol. The predicted molar refractivity (Wildman–Crippen MR) is 59.4 cm³/mol. The maximum Gasteiger partial charge on any atom is 0.231 e. The molecule has 0 bridgehead atoms. The highest BCUT2D eigenvalue weighted by Crippen LogP contribution is 2.47. The zero-order valence-corrected chi connectivity index (χ0v) is 9.87. The number of halogens is 1. The van der Waals surface area contributed by atoms with Crippen molar-refractivity contribution in [3.63, 3.8) is 0 Å². The number of ether oxygens (including phenoxy) is 2. The number of hydrogen-bond donors (Lipinski definition) is 2. The third-order valence-electron chi connectivity index (χ3n) is 2.49. The van der Waals surface area contributed by atoms with Gasteiger partial charge in [-0.25, -0.2) is 0 Å². The van der Waals surface area contributed by atoms with E-state index >= 15 is 0 Å². The van der Waals surface area contributed by atoms with E-state index in [0.717, 1.165) is 5.56 Å². The predicted octanol–water partition coefficient (Wildman–Crippen LogP) is 1.95. The number of nitrogens with two attached hydrogens (primary N) is 1. The largest absolute Gasteiger partial charge is 0.506 e. The van der Waals surface area contributed by atoms with Gasteiger partial charge in [-0.2, -0.15) is 0 Å². The standard InChI is InChI=1S/C10H12BrNO3/c1-5(3-12)6-2-7-10(15-4-14-7)8(11)9(6)13/h2,5,13H,3-4,12H2,1H3. The molecule has 0 aliphatic carbocycles. The number of fused-ring (bicyclic) bond motifs is 1. The molecule has 1 aromatic carbocycles. The molecule has 1 unspecified atom stereocenters. The Balaban J connectivity index is 2.54. The van der Waals surface area contributed by atoms with Gasteiger partial charge >= 0.3 is 0 Å². The normalized spacial score (nSPS) is 15.4. The Kier molecular flexibility index (Phi) is 2.75. The molecule has 5 heteroatoms. The first kappa shape index (κ1) is 10.6. The van der Waals surface area contributed by atoms with Gasteiger partial charge in [0, 0.05) is 5.56 Å². The van der Waals surface area contributed by atoms with Crippen molar-refractivity contribution in [1.82, 2.24) is 0 Å². The van der Waals surface area contributed by atoms with Gasteiger partial charge in [0.25, 0.3) is 0 Å². The van der Waals surface area contributed by atoms with Crippen molar-refractivity contribution in [2.75, 3.05) is 13.3 Å². The lowest BCUT2D eigenvalue weighted by Crippen LogP contribution is -2.09. The van der Waals surface area contributed by atoms with Crippen molar-refractivity contribution in [2.45, 2.75) is 12.8 Å². The van der Waals surface area contributed by atoms with Crippen LogP contribution in [0.3, 0.4) is 0 Å². The molecule has 1 aliphatic rings. The minimum Gasteiger partial charge on any atom is -0.506 e. The lowest BCUT2D eigenvalue weighted by Gasteiger charge is -2.13. The van der Waals surface area contributed by atoms with Crippen LogP contribution in [0.1, 0.15) is 18.4 Å². The molecule has 4 nitrogen and oxygen atoms in total. The van der Waals surface area contributed by atoms with Crippen molar-refractivity contribution in [3.05, 3.63) is 16.1 Å². The smallest absolute Gasteiger partial charge is 0.231 e. The Morgan fingerprint density at radius 2 is 2.33 bits per heavy atom. The molecule has 0 amide bonds. The molecule has 0 radical (unpaired) electrons. The highest BCUT2D eigenvalue weighted by Gasteiger charge is 2.24. The average Bonchev–Trinajstić information content (AvgIpc) is 2.70. The second kappa shape index (κ2) is 3.90.